The first kappa shape index (κ1) is 16.0. The maximum atomic E-state index is 12.0. The fraction of sp³-hybridized carbons (Fsp3) is 0.800. The summed E-state index contributed by atoms with van der Waals surface area (Å²) in [6, 6.07) is -0.848. The number of rotatable bonds is 2. The molecule has 0 spiro atoms. The minimum atomic E-state index is -0.670. The van der Waals surface area contributed by atoms with Crippen molar-refractivity contribution < 1.29 is 9.59 Å². The summed E-state index contributed by atoms with van der Waals surface area (Å²) >= 11 is 0. The first-order chi connectivity index (χ1) is 7.43. The summed E-state index contributed by atoms with van der Waals surface area (Å²) in [5.74, 6) is -0.0837. The Morgan fingerprint density at radius 2 is 2.06 bits per heavy atom. The molecule has 6 nitrogen and oxygen atoms in total. The lowest BCUT2D eigenvalue weighted by molar-refractivity contribution is -0.136. The van der Waals surface area contributed by atoms with E-state index in [-0.39, 0.29) is 30.4 Å². The molecule has 0 aromatic heterocycles. The fourth-order valence-corrected chi connectivity index (χ4v) is 1.89. The maximum Gasteiger partial charge on any atom is 0.312 e. The molecule has 17 heavy (non-hydrogen) atoms. The Labute approximate surface area is 108 Å². The highest BCUT2D eigenvalue weighted by molar-refractivity contribution is 5.86. The van der Waals surface area contributed by atoms with Crippen molar-refractivity contribution in [2.24, 2.45) is 5.73 Å². The molecule has 1 saturated heterocycles. The fourth-order valence-electron chi connectivity index (χ4n) is 1.89. The molecule has 0 bridgehead atoms. The van der Waals surface area contributed by atoms with Crippen LogP contribution in [0, 0.1) is 0 Å². The number of nitrogens with one attached hydrogen (secondary N) is 2. The Bertz CT molecular complexity index is 287. The molecule has 1 fully saturated rings. The van der Waals surface area contributed by atoms with E-state index >= 15 is 0 Å². The van der Waals surface area contributed by atoms with Gasteiger partial charge in [-0.3, -0.25) is 4.79 Å². The molecule has 0 radical (unpaired) electrons. The van der Waals surface area contributed by atoms with E-state index in [1.165, 1.54) is 0 Å². The summed E-state index contributed by atoms with van der Waals surface area (Å²) in [5, 5.41) is 5.69. The number of carbonyl (C=O) groups excluding carboxylic acids is 2. The highest BCUT2D eigenvalue weighted by Gasteiger charge is 2.30. The second-order valence-electron chi connectivity index (χ2n) is 4.25. The van der Waals surface area contributed by atoms with Crippen LogP contribution in [0.5, 0.6) is 0 Å². The molecule has 3 amide bonds. The monoisotopic (exact) mass is 264 g/mol. The topological polar surface area (TPSA) is 87.5 Å². The second-order valence-corrected chi connectivity index (χ2v) is 4.25. The molecule has 0 aliphatic carbocycles. The molecule has 0 aromatic carbocycles. The van der Waals surface area contributed by atoms with Crippen LogP contribution in [0.4, 0.5) is 4.79 Å². The van der Waals surface area contributed by atoms with E-state index in [1.807, 2.05) is 13.8 Å². The van der Waals surface area contributed by atoms with E-state index in [9.17, 15) is 9.59 Å². The van der Waals surface area contributed by atoms with Crippen molar-refractivity contribution in [1.82, 2.24) is 15.5 Å². The van der Waals surface area contributed by atoms with Gasteiger partial charge in [-0.15, -0.1) is 12.4 Å². The summed E-state index contributed by atoms with van der Waals surface area (Å²) in [5.41, 5.74) is 4.99. The average molecular weight is 265 g/mol. The maximum absolute atomic E-state index is 12.0. The predicted octanol–water partition coefficient (Wildman–Crippen LogP) is -0.326. The first-order valence-electron chi connectivity index (χ1n) is 5.53. The zero-order valence-corrected chi connectivity index (χ0v) is 11.2. The van der Waals surface area contributed by atoms with Crippen LogP contribution < -0.4 is 16.4 Å². The van der Waals surface area contributed by atoms with Crippen molar-refractivity contribution in [3.8, 4) is 0 Å². The van der Waals surface area contributed by atoms with Crippen LogP contribution in [0.2, 0.25) is 0 Å². The van der Waals surface area contributed by atoms with Gasteiger partial charge in [-0.05, 0) is 20.8 Å². The van der Waals surface area contributed by atoms with Gasteiger partial charge in [0.15, 0.2) is 0 Å². The van der Waals surface area contributed by atoms with E-state index < -0.39 is 12.1 Å². The number of amides is 3. The van der Waals surface area contributed by atoms with Gasteiger partial charge in [-0.2, -0.15) is 0 Å². The standard InChI is InChI=1S/C10H20N4O2.ClH/c1-6-8(3)14(5-4-12-6)9(15)7(2)13-10(11)16;/h6-8,12H,4-5H2,1-3H3,(H3,11,13,16);1H. The normalized spacial score (nSPS) is 25.7. The average Bonchev–Trinajstić information content (AvgIpc) is 2.20. The highest BCUT2D eigenvalue weighted by Crippen LogP contribution is 2.10. The van der Waals surface area contributed by atoms with Gasteiger partial charge in [0.2, 0.25) is 5.91 Å². The smallest absolute Gasteiger partial charge is 0.312 e. The lowest BCUT2D eigenvalue weighted by Crippen LogP contribution is -2.60. The molecule has 100 valence electrons. The van der Waals surface area contributed by atoms with E-state index in [0.717, 1.165) is 6.54 Å². The van der Waals surface area contributed by atoms with Crippen LogP contribution in [0.1, 0.15) is 20.8 Å². The summed E-state index contributed by atoms with van der Waals surface area (Å²) in [4.78, 5) is 24.5. The predicted molar refractivity (Wildman–Crippen MR) is 68.1 cm³/mol. The van der Waals surface area contributed by atoms with Crippen molar-refractivity contribution in [2.75, 3.05) is 13.1 Å². The molecule has 0 saturated carbocycles. The van der Waals surface area contributed by atoms with Crippen LogP contribution in [0.25, 0.3) is 0 Å². The molecule has 1 heterocycles. The quantitative estimate of drug-likeness (QED) is 0.638. The van der Waals surface area contributed by atoms with Crippen LogP contribution in [0.3, 0.4) is 0 Å². The van der Waals surface area contributed by atoms with E-state index in [0.29, 0.717) is 6.54 Å². The van der Waals surface area contributed by atoms with Crippen LogP contribution >= 0.6 is 12.4 Å². The molecule has 1 aliphatic rings. The van der Waals surface area contributed by atoms with Gasteiger partial charge in [-0.25, -0.2) is 4.79 Å². The molecular weight excluding hydrogens is 244 g/mol. The van der Waals surface area contributed by atoms with Gasteiger partial charge < -0.3 is 21.3 Å². The van der Waals surface area contributed by atoms with Crippen LogP contribution in [0.15, 0.2) is 0 Å². The molecule has 3 unspecified atom stereocenters. The Balaban J connectivity index is 0.00000256. The Kier molecular flexibility index (Phi) is 6.26. The number of hydrogen-bond acceptors (Lipinski definition) is 3. The van der Waals surface area contributed by atoms with Gasteiger partial charge in [0, 0.05) is 25.2 Å². The third kappa shape index (κ3) is 4.05. The van der Waals surface area contributed by atoms with Gasteiger partial charge >= 0.3 is 6.03 Å². The zero-order valence-electron chi connectivity index (χ0n) is 10.4. The number of piperazine rings is 1. The Morgan fingerprint density at radius 3 is 2.59 bits per heavy atom. The van der Waals surface area contributed by atoms with Crippen LogP contribution in [-0.2, 0) is 4.79 Å². The number of urea groups is 1. The van der Waals surface area contributed by atoms with E-state index in [1.54, 1.807) is 11.8 Å². The third-order valence-electron chi connectivity index (χ3n) is 3.05. The highest BCUT2D eigenvalue weighted by atomic mass is 35.5. The molecule has 1 aliphatic heterocycles. The molecule has 1 rings (SSSR count). The van der Waals surface area contributed by atoms with Crippen LogP contribution in [-0.4, -0.2) is 48.1 Å². The number of carbonyl (C=O) groups is 2. The second kappa shape index (κ2) is 6.66. The molecular formula is C10H21ClN4O2. The molecule has 7 heteroatoms. The SMILES string of the molecule is CC(NC(N)=O)C(=O)N1CCNC(C)C1C.Cl. The van der Waals surface area contributed by atoms with Crippen molar-refractivity contribution in [2.45, 2.75) is 38.9 Å². The number of hydrogen-bond donors (Lipinski definition) is 3. The van der Waals surface area contributed by atoms with Gasteiger partial charge in [0.1, 0.15) is 6.04 Å². The lowest BCUT2D eigenvalue weighted by Gasteiger charge is -2.39. The van der Waals surface area contributed by atoms with Gasteiger partial charge in [-0.1, -0.05) is 0 Å². The van der Waals surface area contributed by atoms with Crippen molar-refractivity contribution >= 4 is 24.3 Å². The van der Waals surface area contributed by atoms with Gasteiger partial charge in [0.05, 0.1) is 0 Å². The molecule has 0 aromatic rings. The summed E-state index contributed by atoms with van der Waals surface area (Å²) in [6.45, 7) is 7.12. The van der Waals surface area contributed by atoms with Crippen molar-refractivity contribution in [3.05, 3.63) is 0 Å². The largest absolute Gasteiger partial charge is 0.352 e. The summed E-state index contributed by atoms with van der Waals surface area (Å²) in [7, 11) is 0. The summed E-state index contributed by atoms with van der Waals surface area (Å²) < 4.78 is 0. The number of nitrogens with zero attached hydrogens (tertiary/aromatic N) is 1. The molecule has 4 N–H and O–H groups in total. The third-order valence-corrected chi connectivity index (χ3v) is 3.05. The lowest BCUT2D eigenvalue weighted by atomic mass is 10.1. The summed E-state index contributed by atoms with van der Waals surface area (Å²) in [6.07, 6.45) is 0. The Morgan fingerprint density at radius 1 is 1.47 bits per heavy atom. The number of nitrogens with two attached hydrogens (primary N) is 1. The van der Waals surface area contributed by atoms with Crippen molar-refractivity contribution in [1.29, 1.82) is 0 Å². The minimum Gasteiger partial charge on any atom is -0.352 e. The first-order valence-corrected chi connectivity index (χ1v) is 5.53. The Hall–Kier alpha value is -1.01. The van der Waals surface area contributed by atoms with E-state index in [4.69, 9.17) is 5.73 Å². The van der Waals surface area contributed by atoms with Crippen molar-refractivity contribution in [3.63, 3.8) is 0 Å². The van der Waals surface area contributed by atoms with E-state index in [2.05, 4.69) is 10.6 Å². The molecule has 3 atom stereocenters. The number of primary amides is 1. The zero-order chi connectivity index (χ0) is 12.3. The number of halogens is 1. The minimum absolute atomic E-state index is 0. The van der Waals surface area contributed by atoms with Gasteiger partial charge in [0.25, 0.3) is 0 Å².